The van der Waals surface area contributed by atoms with Gasteiger partial charge in [0.05, 0.1) is 23.9 Å². The van der Waals surface area contributed by atoms with Gasteiger partial charge in [-0.15, -0.1) is 0 Å². The van der Waals surface area contributed by atoms with E-state index in [4.69, 9.17) is 9.40 Å². The number of oxazole rings is 1. The standard InChI is InChI=1S/C24H33N3O3/c1-15(28)26-18(11-16-7-5-4-6-8-16)20(29)14-25-19-12-24(2,3)13-21-22(19)27-23(30-21)17-9-10-17/h4-8,17-20,25,29H,9-14H2,1-3H3,(H,26,28)/t18-,19-,20+/m0/s1. The molecule has 30 heavy (non-hydrogen) atoms. The zero-order chi connectivity index (χ0) is 21.3. The van der Waals surface area contributed by atoms with Gasteiger partial charge in [0.15, 0.2) is 5.89 Å². The van der Waals surface area contributed by atoms with Crippen LogP contribution in [0.15, 0.2) is 34.7 Å². The van der Waals surface area contributed by atoms with E-state index in [0.717, 1.165) is 48.6 Å². The van der Waals surface area contributed by atoms with Gasteiger partial charge in [-0.3, -0.25) is 4.79 Å². The predicted molar refractivity (Wildman–Crippen MR) is 115 cm³/mol. The fourth-order valence-electron chi connectivity index (χ4n) is 4.43. The molecule has 0 saturated heterocycles. The Kier molecular flexibility index (Phi) is 5.98. The summed E-state index contributed by atoms with van der Waals surface area (Å²) in [6.07, 6.45) is 4.03. The summed E-state index contributed by atoms with van der Waals surface area (Å²) in [5.74, 6) is 2.22. The molecule has 3 N–H and O–H groups in total. The number of nitrogens with one attached hydrogen (secondary N) is 2. The number of aliphatic hydroxyl groups is 1. The van der Waals surface area contributed by atoms with Gasteiger partial charge >= 0.3 is 0 Å². The average molecular weight is 412 g/mol. The summed E-state index contributed by atoms with van der Waals surface area (Å²) >= 11 is 0. The Morgan fingerprint density at radius 1 is 1.30 bits per heavy atom. The third-order valence-corrected chi connectivity index (χ3v) is 6.12. The van der Waals surface area contributed by atoms with Crippen LogP contribution in [0.5, 0.6) is 0 Å². The van der Waals surface area contributed by atoms with E-state index in [0.29, 0.717) is 18.9 Å². The number of aliphatic hydroxyl groups excluding tert-OH is 1. The highest BCUT2D eigenvalue weighted by Gasteiger charge is 2.39. The van der Waals surface area contributed by atoms with Crippen LogP contribution < -0.4 is 10.6 Å². The van der Waals surface area contributed by atoms with E-state index < -0.39 is 6.10 Å². The molecule has 3 atom stereocenters. The molecule has 2 aliphatic carbocycles. The molecule has 162 valence electrons. The number of carbonyl (C=O) groups excluding carboxylic acids is 1. The number of nitrogens with zero attached hydrogens (tertiary/aromatic N) is 1. The van der Waals surface area contributed by atoms with Crippen molar-refractivity contribution in [1.29, 1.82) is 0 Å². The second kappa shape index (κ2) is 8.52. The van der Waals surface area contributed by atoms with Crippen molar-refractivity contribution < 1.29 is 14.3 Å². The topological polar surface area (TPSA) is 87.4 Å². The third-order valence-electron chi connectivity index (χ3n) is 6.12. The van der Waals surface area contributed by atoms with Crippen LogP contribution >= 0.6 is 0 Å². The first kappa shape index (κ1) is 21.1. The summed E-state index contributed by atoms with van der Waals surface area (Å²) < 4.78 is 6.11. The van der Waals surface area contributed by atoms with Crippen molar-refractivity contribution >= 4 is 5.91 Å². The first-order valence-corrected chi connectivity index (χ1v) is 11.0. The van der Waals surface area contributed by atoms with Crippen molar-refractivity contribution in [2.24, 2.45) is 5.41 Å². The van der Waals surface area contributed by atoms with Crippen molar-refractivity contribution in [3.63, 3.8) is 0 Å². The molecule has 0 bridgehead atoms. The molecule has 1 heterocycles. The largest absolute Gasteiger partial charge is 0.445 e. The summed E-state index contributed by atoms with van der Waals surface area (Å²) in [6.45, 7) is 6.36. The zero-order valence-corrected chi connectivity index (χ0v) is 18.1. The molecular formula is C24H33N3O3. The second-order valence-electron chi connectivity index (χ2n) is 9.70. The fraction of sp³-hybridized carbons (Fsp3) is 0.583. The molecule has 1 saturated carbocycles. The van der Waals surface area contributed by atoms with Crippen molar-refractivity contribution in [3.8, 4) is 0 Å². The molecule has 0 aliphatic heterocycles. The van der Waals surface area contributed by atoms with Gasteiger partial charge in [-0.05, 0) is 36.7 Å². The van der Waals surface area contributed by atoms with Gasteiger partial charge in [-0.25, -0.2) is 4.98 Å². The maximum Gasteiger partial charge on any atom is 0.217 e. The summed E-state index contributed by atoms with van der Waals surface area (Å²) in [4.78, 5) is 16.5. The lowest BCUT2D eigenvalue weighted by atomic mass is 9.76. The van der Waals surface area contributed by atoms with Crippen molar-refractivity contribution in [1.82, 2.24) is 15.6 Å². The number of hydrogen-bond donors (Lipinski definition) is 3. The molecular weight excluding hydrogens is 378 g/mol. The first-order valence-electron chi connectivity index (χ1n) is 11.0. The molecule has 0 radical (unpaired) electrons. The smallest absolute Gasteiger partial charge is 0.217 e. The van der Waals surface area contributed by atoms with E-state index >= 15 is 0 Å². The van der Waals surface area contributed by atoms with Crippen molar-refractivity contribution in [2.75, 3.05) is 6.54 Å². The number of benzene rings is 1. The monoisotopic (exact) mass is 411 g/mol. The Bertz CT molecular complexity index is 873. The van der Waals surface area contributed by atoms with E-state index in [-0.39, 0.29) is 23.4 Å². The van der Waals surface area contributed by atoms with Gasteiger partial charge in [0, 0.05) is 25.8 Å². The molecule has 0 spiro atoms. The molecule has 2 aliphatic rings. The summed E-state index contributed by atoms with van der Waals surface area (Å²) in [6, 6.07) is 9.62. The van der Waals surface area contributed by atoms with Gasteiger partial charge in [0.25, 0.3) is 0 Å². The minimum Gasteiger partial charge on any atom is -0.445 e. The highest BCUT2D eigenvalue weighted by Crippen LogP contribution is 2.45. The normalized spacial score (nSPS) is 22.2. The fourth-order valence-corrected chi connectivity index (χ4v) is 4.43. The van der Waals surface area contributed by atoms with Gasteiger partial charge in [0.1, 0.15) is 5.76 Å². The molecule has 6 nitrogen and oxygen atoms in total. The predicted octanol–water partition coefficient (Wildman–Crippen LogP) is 3.26. The van der Waals surface area contributed by atoms with E-state index in [2.05, 4.69) is 24.5 Å². The van der Waals surface area contributed by atoms with Crippen LogP contribution in [0, 0.1) is 5.41 Å². The van der Waals surface area contributed by atoms with E-state index in [9.17, 15) is 9.90 Å². The summed E-state index contributed by atoms with van der Waals surface area (Å²) in [7, 11) is 0. The quantitative estimate of drug-likeness (QED) is 0.621. The molecule has 1 aromatic carbocycles. The van der Waals surface area contributed by atoms with E-state index in [1.54, 1.807) is 0 Å². The second-order valence-corrected chi connectivity index (χ2v) is 9.70. The van der Waals surface area contributed by atoms with Crippen LogP contribution in [-0.4, -0.2) is 34.7 Å². The maximum absolute atomic E-state index is 11.7. The number of amides is 1. The van der Waals surface area contributed by atoms with E-state index in [1.807, 2.05) is 30.3 Å². The number of rotatable bonds is 8. The molecule has 1 fully saturated rings. The Hall–Kier alpha value is -2.18. The van der Waals surface area contributed by atoms with Crippen LogP contribution in [0.25, 0.3) is 0 Å². The Balaban J connectivity index is 1.44. The molecule has 1 aromatic heterocycles. The lowest BCUT2D eigenvalue weighted by Crippen LogP contribution is -2.49. The highest BCUT2D eigenvalue weighted by atomic mass is 16.4. The Morgan fingerprint density at radius 2 is 2.03 bits per heavy atom. The zero-order valence-electron chi connectivity index (χ0n) is 18.1. The SMILES string of the molecule is CC(=O)N[C@@H](Cc1ccccc1)[C@H](O)CN[C@H]1CC(C)(C)Cc2oc(C3CC3)nc21. The number of carbonyl (C=O) groups is 1. The Morgan fingerprint density at radius 3 is 2.70 bits per heavy atom. The van der Waals surface area contributed by atoms with Crippen LogP contribution in [0.4, 0.5) is 0 Å². The van der Waals surface area contributed by atoms with Gasteiger partial charge in [0.2, 0.25) is 5.91 Å². The van der Waals surface area contributed by atoms with Crippen LogP contribution in [0.2, 0.25) is 0 Å². The molecule has 4 rings (SSSR count). The highest BCUT2D eigenvalue weighted by molar-refractivity contribution is 5.73. The maximum atomic E-state index is 11.7. The van der Waals surface area contributed by atoms with Gasteiger partial charge in [-0.1, -0.05) is 44.2 Å². The van der Waals surface area contributed by atoms with E-state index in [1.165, 1.54) is 6.92 Å². The minimum atomic E-state index is -0.711. The van der Waals surface area contributed by atoms with Gasteiger partial charge in [-0.2, -0.15) is 0 Å². The van der Waals surface area contributed by atoms with Crippen LogP contribution in [0.3, 0.4) is 0 Å². The average Bonchev–Trinajstić information content (AvgIpc) is 3.45. The number of aromatic nitrogens is 1. The summed E-state index contributed by atoms with van der Waals surface area (Å²) in [5, 5.41) is 17.3. The minimum absolute atomic E-state index is 0.0457. The lowest BCUT2D eigenvalue weighted by molar-refractivity contribution is -0.120. The number of hydrogen-bond acceptors (Lipinski definition) is 5. The third kappa shape index (κ3) is 5.10. The molecule has 1 amide bonds. The molecule has 6 heteroatoms. The summed E-state index contributed by atoms with van der Waals surface area (Å²) in [5.41, 5.74) is 2.20. The van der Waals surface area contributed by atoms with Crippen molar-refractivity contribution in [3.05, 3.63) is 53.2 Å². The molecule has 0 unspecified atom stereocenters. The molecule has 2 aromatic rings. The van der Waals surface area contributed by atoms with Crippen molar-refractivity contribution in [2.45, 2.75) is 77.0 Å². The van der Waals surface area contributed by atoms with Gasteiger partial charge < -0.3 is 20.2 Å². The van der Waals surface area contributed by atoms with Crippen LogP contribution in [-0.2, 0) is 17.6 Å². The number of fused-ring (bicyclic) bond motifs is 1. The first-order chi connectivity index (χ1) is 14.3. The lowest BCUT2D eigenvalue weighted by Gasteiger charge is -2.35. The Labute approximate surface area is 178 Å². The van der Waals surface area contributed by atoms with Crippen LogP contribution in [0.1, 0.15) is 74.9 Å².